The number of ether oxygens (including phenoxy) is 1. The molecule has 0 aliphatic heterocycles. The van der Waals surface area contributed by atoms with Crippen molar-refractivity contribution in [3.8, 4) is 5.88 Å². The van der Waals surface area contributed by atoms with Crippen molar-refractivity contribution in [3.63, 3.8) is 0 Å². The standard InChI is InChI=1S/C20H20N4O3S/c1-11-6-7-14(12(2)8-11)23-20(26)24-16(25)9-27-18-17-13-4-3-5-15(13)28-19(17)22-10-21-18/h6-8,10H,3-5,9H2,1-2H3,(H2,23,24,25,26). The van der Waals surface area contributed by atoms with E-state index in [-0.39, 0.29) is 6.61 Å². The number of rotatable bonds is 4. The van der Waals surface area contributed by atoms with Crippen molar-refractivity contribution in [3.05, 3.63) is 46.1 Å². The van der Waals surface area contributed by atoms with Gasteiger partial charge in [-0.15, -0.1) is 11.3 Å². The molecule has 2 heterocycles. The monoisotopic (exact) mass is 396 g/mol. The number of benzene rings is 1. The molecule has 0 saturated heterocycles. The first kappa shape index (κ1) is 18.4. The van der Waals surface area contributed by atoms with E-state index in [1.165, 1.54) is 16.8 Å². The molecule has 1 aliphatic carbocycles. The van der Waals surface area contributed by atoms with Crippen LogP contribution in [0.15, 0.2) is 24.5 Å². The number of amides is 3. The maximum atomic E-state index is 12.1. The lowest BCUT2D eigenvalue weighted by Gasteiger charge is -2.10. The van der Waals surface area contributed by atoms with E-state index in [1.54, 1.807) is 17.4 Å². The summed E-state index contributed by atoms with van der Waals surface area (Å²) < 4.78 is 5.62. The van der Waals surface area contributed by atoms with Gasteiger partial charge in [0.1, 0.15) is 11.2 Å². The van der Waals surface area contributed by atoms with Gasteiger partial charge in [-0.1, -0.05) is 17.7 Å². The van der Waals surface area contributed by atoms with Crippen molar-refractivity contribution in [1.29, 1.82) is 0 Å². The van der Waals surface area contributed by atoms with Crippen LogP contribution in [0.5, 0.6) is 5.88 Å². The summed E-state index contributed by atoms with van der Waals surface area (Å²) in [7, 11) is 0. The summed E-state index contributed by atoms with van der Waals surface area (Å²) in [6, 6.07) is 5.07. The van der Waals surface area contributed by atoms with E-state index in [0.717, 1.165) is 40.6 Å². The van der Waals surface area contributed by atoms with Crippen LogP contribution < -0.4 is 15.4 Å². The third kappa shape index (κ3) is 3.68. The highest BCUT2D eigenvalue weighted by Gasteiger charge is 2.22. The van der Waals surface area contributed by atoms with Crippen molar-refractivity contribution >= 4 is 39.2 Å². The van der Waals surface area contributed by atoms with Crippen LogP contribution in [0.3, 0.4) is 0 Å². The third-order valence-corrected chi connectivity index (χ3v) is 5.89. The van der Waals surface area contributed by atoms with Crippen LogP contribution in [0, 0.1) is 13.8 Å². The molecule has 8 heteroatoms. The molecule has 0 unspecified atom stereocenters. The van der Waals surface area contributed by atoms with Gasteiger partial charge in [0.15, 0.2) is 6.61 Å². The minimum absolute atomic E-state index is 0.295. The molecular weight excluding hydrogens is 376 g/mol. The number of nitrogens with one attached hydrogen (secondary N) is 2. The van der Waals surface area contributed by atoms with Gasteiger partial charge in [-0.25, -0.2) is 14.8 Å². The van der Waals surface area contributed by atoms with E-state index in [2.05, 4.69) is 20.6 Å². The Balaban J connectivity index is 1.38. The number of anilines is 1. The highest BCUT2D eigenvalue weighted by atomic mass is 32.1. The fourth-order valence-electron chi connectivity index (χ4n) is 3.41. The molecule has 1 aromatic carbocycles. The first-order chi connectivity index (χ1) is 13.5. The van der Waals surface area contributed by atoms with E-state index in [0.29, 0.717) is 11.6 Å². The lowest BCUT2D eigenvalue weighted by atomic mass is 10.1. The molecule has 1 aliphatic rings. The highest BCUT2D eigenvalue weighted by molar-refractivity contribution is 7.18. The van der Waals surface area contributed by atoms with E-state index < -0.39 is 11.9 Å². The summed E-state index contributed by atoms with van der Waals surface area (Å²) in [6.45, 7) is 3.58. The topological polar surface area (TPSA) is 93.2 Å². The number of fused-ring (bicyclic) bond motifs is 3. The van der Waals surface area contributed by atoms with Gasteiger partial charge in [0.05, 0.1) is 5.39 Å². The van der Waals surface area contributed by atoms with E-state index in [4.69, 9.17) is 4.74 Å². The van der Waals surface area contributed by atoms with Crippen molar-refractivity contribution in [2.24, 2.45) is 0 Å². The normalized spacial score (nSPS) is 12.6. The Hall–Kier alpha value is -3.00. The van der Waals surface area contributed by atoms with Crippen LogP contribution in [0.2, 0.25) is 0 Å². The zero-order chi connectivity index (χ0) is 19.7. The highest BCUT2D eigenvalue weighted by Crippen LogP contribution is 2.39. The largest absolute Gasteiger partial charge is 0.467 e. The molecule has 0 saturated carbocycles. The molecule has 3 aromatic rings. The number of carbonyl (C=O) groups excluding carboxylic acids is 2. The van der Waals surface area contributed by atoms with Gasteiger partial charge < -0.3 is 10.1 Å². The number of hydrogen-bond donors (Lipinski definition) is 2. The Morgan fingerprint density at radius 1 is 1.21 bits per heavy atom. The maximum Gasteiger partial charge on any atom is 0.325 e. The second kappa shape index (κ2) is 7.55. The number of aromatic nitrogens is 2. The number of carbonyl (C=O) groups is 2. The number of imide groups is 1. The fraction of sp³-hybridized carbons (Fsp3) is 0.300. The number of aryl methyl sites for hydroxylation is 4. The summed E-state index contributed by atoms with van der Waals surface area (Å²) >= 11 is 1.65. The molecule has 144 valence electrons. The summed E-state index contributed by atoms with van der Waals surface area (Å²) in [4.78, 5) is 34.9. The van der Waals surface area contributed by atoms with Gasteiger partial charge in [0.25, 0.3) is 5.91 Å². The molecule has 0 radical (unpaired) electrons. The smallest absolute Gasteiger partial charge is 0.325 e. The van der Waals surface area contributed by atoms with Crippen LogP contribution in [0.1, 0.15) is 28.0 Å². The maximum absolute atomic E-state index is 12.1. The number of nitrogens with zero attached hydrogens (tertiary/aromatic N) is 2. The molecule has 0 fully saturated rings. The molecule has 3 amide bonds. The van der Waals surface area contributed by atoms with Gasteiger partial charge in [-0.2, -0.15) is 0 Å². The summed E-state index contributed by atoms with van der Waals surface area (Å²) in [5.41, 5.74) is 3.91. The number of thiophene rings is 1. The predicted molar refractivity (Wildman–Crippen MR) is 108 cm³/mol. The average molecular weight is 396 g/mol. The van der Waals surface area contributed by atoms with Crippen LogP contribution >= 0.6 is 11.3 Å². The van der Waals surface area contributed by atoms with Crippen LogP contribution in [0.4, 0.5) is 10.5 Å². The van der Waals surface area contributed by atoms with Gasteiger partial charge >= 0.3 is 6.03 Å². The average Bonchev–Trinajstić information content (AvgIpc) is 3.23. The molecule has 2 N–H and O–H groups in total. The molecule has 0 spiro atoms. The molecular formula is C20H20N4O3S. The lowest BCUT2D eigenvalue weighted by Crippen LogP contribution is -2.37. The summed E-state index contributed by atoms with van der Waals surface area (Å²) in [5, 5.41) is 5.85. The zero-order valence-corrected chi connectivity index (χ0v) is 16.5. The van der Waals surface area contributed by atoms with Gasteiger partial charge in [-0.05, 0) is 50.3 Å². The van der Waals surface area contributed by atoms with Crippen molar-refractivity contribution < 1.29 is 14.3 Å². The zero-order valence-electron chi connectivity index (χ0n) is 15.7. The summed E-state index contributed by atoms with van der Waals surface area (Å²) in [5.74, 6) is -0.143. The van der Waals surface area contributed by atoms with Gasteiger partial charge in [0.2, 0.25) is 5.88 Å². The third-order valence-electron chi connectivity index (χ3n) is 4.69. The van der Waals surface area contributed by atoms with E-state index >= 15 is 0 Å². The predicted octanol–water partition coefficient (Wildman–Crippen LogP) is 3.52. The quantitative estimate of drug-likeness (QED) is 0.704. The first-order valence-corrected chi connectivity index (χ1v) is 9.89. The minimum atomic E-state index is -0.593. The second-order valence-corrected chi connectivity index (χ2v) is 7.91. The van der Waals surface area contributed by atoms with E-state index in [9.17, 15) is 9.59 Å². The Morgan fingerprint density at radius 2 is 2.07 bits per heavy atom. The minimum Gasteiger partial charge on any atom is -0.467 e. The Labute approximate surface area is 166 Å². The Kier molecular flexibility index (Phi) is 4.95. The van der Waals surface area contributed by atoms with Gasteiger partial charge in [0, 0.05) is 10.6 Å². The lowest BCUT2D eigenvalue weighted by molar-refractivity contribution is -0.121. The van der Waals surface area contributed by atoms with Crippen molar-refractivity contribution in [2.75, 3.05) is 11.9 Å². The van der Waals surface area contributed by atoms with Crippen LogP contribution in [0.25, 0.3) is 10.2 Å². The Morgan fingerprint density at radius 3 is 2.89 bits per heavy atom. The Bertz CT molecular complexity index is 1080. The molecule has 2 aromatic heterocycles. The van der Waals surface area contributed by atoms with Crippen LogP contribution in [-0.4, -0.2) is 28.5 Å². The number of hydrogen-bond acceptors (Lipinski definition) is 6. The molecule has 7 nitrogen and oxygen atoms in total. The molecule has 28 heavy (non-hydrogen) atoms. The number of urea groups is 1. The van der Waals surface area contributed by atoms with Crippen LogP contribution in [-0.2, 0) is 17.6 Å². The van der Waals surface area contributed by atoms with Crippen molar-refractivity contribution in [1.82, 2.24) is 15.3 Å². The fourth-order valence-corrected chi connectivity index (χ4v) is 4.63. The summed E-state index contributed by atoms with van der Waals surface area (Å²) in [6.07, 6.45) is 4.58. The SMILES string of the molecule is Cc1ccc(NC(=O)NC(=O)COc2ncnc3sc4c(c23)CCC4)c(C)c1. The molecule has 0 atom stereocenters. The molecule has 4 rings (SSSR count). The first-order valence-electron chi connectivity index (χ1n) is 9.07. The van der Waals surface area contributed by atoms with Gasteiger partial charge in [-0.3, -0.25) is 10.1 Å². The van der Waals surface area contributed by atoms with E-state index in [1.807, 2.05) is 26.0 Å². The molecule has 0 bridgehead atoms. The van der Waals surface area contributed by atoms with Crippen molar-refractivity contribution in [2.45, 2.75) is 33.1 Å². The second-order valence-electron chi connectivity index (χ2n) is 6.83.